The Morgan fingerprint density at radius 3 is 2.38 bits per heavy atom. The zero-order valence-corrected chi connectivity index (χ0v) is 8.74. The van der Waals surface area contributed by atoms with Gasteiger partial charge in [-0.15, -0.1) is 0 Å². The highest BCUT2D eigenvalue weighted by Crippen LogP contribution is 2.32. The summed E-state index contributed by atoms with van der Waals surface area (Å²) < 4.78 is 0. The Hall–Kier alpha value is -0.0800. The van der Waals surface area contributed by atoms with Crippen LogP contribution in [0, 0.1) is 5.92 Å². The SMILES string of the molecule is CC1CN(C2CCCCC2O)C1C. The molecule has 1 aliphatic heterocycles. The van der Waals surface area contributed by atoms with Crippen LogP contribution in [-0.4, -0.2) is 34.7 Å². The van der Waals surface area contributed by atoms with Crippen molar-refractivity contribution in [3.63, 3.8) is 0 Å². The monoisotopic (exact) mass is 183 g/mol. The molecule has 1 heterocycles. The predicted molar refractivity (Wildman–Crippen MR) is 53.6 cm³/mol. The van der Waals surface area contributed by atoms with Crippen LogP contribution < -0.4 is 0 Å². The van der Waals surface area contributed by atoms with Crippen molar-refractivity contribution in [3.05, 3.63) is 0 Å². The minimum Gasteiger partial charge on any atom is -0.391 e. The van der Waals surface area contributed by atoms with Crippen molar-refractivity contribution in [2.45, 2.75) is 57.7 Å². The Labute approximate surface area is 80.9 Å². The van der Waals surface area contributed by atoms with E-state index in [9.17, 15) is 5.11 Å². The number of nitrogens with zero attached hydrogens (tertiary/aromatic N) is 1. The van der Waals surface area contributed by atoms with Crippen molar-refractivity contribution >= 4 is 0 Å². The van der Waals surface area contributed by atoms with E-state index in [4.69, 9.17) is 0 Å². The van der Waals surface area contributed by atoms with Crippen LogP contribution >= 0.6 is 0 Å². The van der Waals surface area contributed by atoms with Gasteiger partial charge in [-0.25, -0.2) is 0 Å². The van der Waals surface area contributed by atoms with Gasteiger partial charge < -0.3 is 5.11 Å². The summed E-state index contributed by atoms with van der Waals surface area (Å²) >= 11 is 0. The number of aliphatic hydroxyl groups is 1. The smallest absolute Gasteiger partial charge is 0.0695 e. The van der Waals surface area contributed by atoms with E-state index < -0.39 is 0 Å². The van der Waals surface area contributed by atoms with Crippen molar-refractivity contribution in [1.29, 1.82) is 0 Å². The first-order chi connectivity index (χ1) is 6.20. The van der Waals surface area contributed by atoms with E-state index in [1.165, 1.54) is 25.8 Å². The molecule has 4 atom stereocenters. The molecule has 0 bridgehead atoms. The summed E-state index contributed by atoms with van der Waals surface area (Å²) in [5.74, 6) is 0.828. The molecule has 0 aromatic carbocycles. The molecule has 0 aromatic rings. The van der Waals surface area contributed by atoms with Gasteiger partial charge in [-0.1, -0.05) is 19.8 Å². The van der Waals surface area contributed by atoms with E-state index in [0.717, 1.165) is 12.3 Å². The largest absolute Gasteiger partial charge is 0.391 e. The highest BCUT2D eigenvalue weighted by molar-refractivity contribution is 4.94. The highest BCUT2D eigenvalue weighted by Gasteiger charge is 2.40. The molecule has 2 fully saturated rings. The van der Waals surface area contributed by atoms with Gasteiger partial charge in [0.25, 0.3) is 0 Å². The average molecular weight is 183 g/mol. The summed E-state index contributed by atoms with van der Waals surface area (Å²) in [5.41, 5.74) is 0. The lowest BCUT2D eigenvalue weighted by atomic mass is 9.83. The fraction of sp³-hybridized carbons (Fsp3) is 1.00. The van der Waals surface area contributed by atoms with Crippen molar-refractivity contribution in [3.8, 4) is 0 Å². The van der Waals surface area contributed by atoms with E-state index >= 15 is 0 Å². The van der Waals surface area contributed by atoms with E-state index in [0.29, 0.717) is 12.1 Å². The van der Waals surface area contributed by atoms with E-state index in [-0.39, 0.29) is 6.10 Å². The maximum atomic E-state index is 9.87. The first kappa shape index (κ1) is 9.47. The molecule has 0 aromatic heterocycles. The third-order valence-electron chi connectivity index (χ3n) is 3.97. The van der Waals surface area contributed by atoms with E-state index in [1.807, 2.05) is 0 Å². The first-order valence-electron chi connectivity index (χ1n) is 5.64. The van der Waals surface area contributed by atoms with E-state index in [1.54, 1.807) is 0 Å². The Bertz CT molecular complexity index is 183. The van der Waals surface area contributed by atoms with Crippen molar-refractivity contribution in [2.24, 2.45) is 5.92 Å². The van der Waals surface area contributed by atoms with Gasteiger partial charge in [0.15, 0.2) is 0 Å². The van der Waals surface area contributed by atoms with Crippen LogP contribution in [0.1, 0.15) is 39.5 Å². The maximum absolute atomic E-state index is 9.87. The third-order valence-corrected chi connectivity index (χ3v) is 3.97. The van der Waals surface area contributed by atoms with Gasteiger partial charge in [0, 0.05) is 18.6 Å². The van der Waals surface area contributed by atoms with Gasteiger partial charge >= 0.3 is 0 Å². The lowest BCUT2D eigenvalue weighted by molar-refractivity contribution is -0.0685. The molecule has 0 spiro atoms. The standard InChI is InChI=1S/C11H21NO/c1-8-7-12(9(8)2)10-5-3-4-6-11(10)13/h8-11,13H,3-7H2,1-2H3. The second-order valence-electron chi connectivity index (χ2n) is 4.83. The average Bonchev–Trinajstić information content (AvgIpc) is 2.15. The number of aliphatic hydroxyl groups excluding tert-OH is 1. The molecular formula is C11H21NO. The number of likely N-dealkylation sites (tertiary alicyclic amines) is 1. The van der Waals surface area contributed by atoms with Crippen molar-refractivity contribution in [1.82, 2.24) is 4.90 Å². The topological polar surface area (TPSA) is 23.5 Å². The van der Waals surface area contributed by atoms with Gasteiger partial charge in [-0.05, 0) is 25.7 Å². The molecular weight excluding hydrogens is 162 g/mol. The molecule has 2 aliphatic rings. The third kappa shape index (κ3) is 1.62. The van der Waals surface area contributed by atoms with Crippen LogP contribution in [0.25, 0.3) is 0 Å². The number of hydrogen-bond acceptors (Lipinski definition) is 2. The first-order valence-corrected chi connectivity index (χ1v) is 5.64. The highest BCUT2D eigenvalue weighted by atomic mass is 16.3. The molecule has 2 nitrogen and oxygen atoms in total. The normalized spacial score (nSPS) is 47.3. The van der Waals surface area contributed by atoms with Crippen LogP contribution in [0.2, 0.25) is 0 Å². The van der Waals surface area contributed by atoms with Crippen LogP contribution in [0.4, 0.5) is 0 Å². The lowest BCUT2D eigenvalue weighted by Crippen LogP contribution is -2.61. The molecule has 4 unspecified atom stereocenters. The zero-order valence-electron chi connectivity index (χ0n) is 8.74. The predicted octanol–water partition coefficient (Wildman–Crippen LogP) is 1.63. The minimum atomic E-state index is -0.0521. The Morgan fingerprint density at radius 2 is 1.85 bits per heavy atom. The number of hydrogen-bond donors (Lipinski definition) is 1. The number of rotatable bonds is 1. The fourth-order valence-corrected chi connectivity index (χ4v) is 2.76. The molecule has 76 valence electrons. The van der Waals surface area contributed by atoms with Crippen LogP contribution in [0.3, 0.4) is 0 Å². The van der Waals surface area contributed by atoms with Gasteiger partial charge in [-0.3, -0.25) is 4.90 Å². The Morgan fingerprint density at radius 1 is 1.15 bits per heavy atom. The summed E-state index contributed by atoms with van der Waals surface area (Å²) in [6.45, 7) is 5.79. The van der Waals surface area contributed by atoms with Gasteiger partial charge in [0.2, 0.25) is 0 Å². The summed E-state index contributed by atoms with van der Waals surface area (Å²) in [5, 5.41) is 9.87. The molecule has 0 radical (unpaired) electrons. The van der Waals surface area contributed by atoms with Crippen LogP contribution in [0.15, 0.2) is 0 Å². The van der Waals surface area contributed by atoms with Crippen molar-refractivity contribution < 1.29 is 5.11 Å². The quantitative estimate of drug-likeness (QED) is 0.668. The van der Waals surface area contributed by atoms with Gasteiger partial charge in [0.05, 0.1) is 6.10 Å². The minimum absolute atomic E-state index is 0.0521. The molecule has 2 heteroatoms. The van der Waals surface area contributed by atoms with Gasteiger partial charge in [-0.2, -0.15) is 0 Å². The Balaban J connectivity index is 1.92. The summed E-state index contributed by atoms with van der Waals surface area (Å²) in [7, 11) is 0. The molecule has 0 amide bonds. The summed E-state index contributed by atoms with van der Waals surface area (Å²) in [6, 6.07) is 1.16. The zero-order chi connectivity index (χ0) is 9.42. The van der Waals surface area contributed by atoms with E-state index in [2.05, 4.69) is 18.7 Å². The molecule has 1 N–H and O–H groups in total. The Kier molecular flexibility index (Phi) is 2.61. The van der Waals surface area contributed by atoms with Crippen LogP contribution in [-0.2, 0) is 0 Å². The second-order valence-corrected chi connectivity index (χ2v) is 4.83. The van der Waals surface area contributed by atoms with Crippen molar-refractivity contribution in [2.75, 3.05) is 6.54 Å². The molecule has 13 heavy (non-hydrogen) atoms. The van der Waals surface area contributed by atoms with Gasteiger partial charge in [0.1, 0.15) is 0 Å². The summed E-state index contributed by atoms with van der Waals surface area (Å²) in [4.78, 5) is 2.49. The fourth-order valence-electron chi connectivity index (χ4n) is 2.76. The molecule has 1 saturated heterocycles. The molecule has 1 aliphatic carbocycles. The maximum Gasteiger partial charge on any atom is 0.0695 e. The molecule has 2 rings (SSSR count). The van der Waals surface area contributed by atoms with Crippen LogP contribution in [0.5, 0.6) is 0 Å². The molecule has 1 saturated carbocycles. The lowest BCUT2D eigenvalue weighted by Gasteiger charge is -2.51. The summed E-state index contributed by atoms with van der Waals surface area (Å²) in [6.07, 6.45) is 4.69. The second kappa shape index (κ2) is 3.58.